The van der Waals surface area contributed by atoms with Gasteiger partial charge in [-0.3, -0.25) is 4.79 Å². The summed E-state index contributed by atoms with van der Waals surface area (Å²) >= 11 is 5.95. The van der Waals surface area contributed by atoms with Crippen molar-refractivity contribution in [1.82, 2.24) is 4.31 Å². The number of nitrogens with zero attached hydrogens (tertiary/aromatic N) is 1. The molecule has 0 atom stereocenters. The molecule has 0 heterocycles. The molecule has 2 N–H and O–H groups in total. The lowest BCUT2D eigenvalue weighted by Gasteiger charge is -2.18. The Bertz CT molecular complexity index is 942. The second kappa shape index (κ2) is 9.27. The van der Waals surface area contributed by atoms with Crippen molar-refractivity contribution in [3.05, 3.63) is 47.0 Å². The van der Waals surface area contributed by atoms with Crippen LogP contribution in [0.4, 0.5) is 5.69 Å². The Labute approximate surface area is 169 Å². The second-order valence-electron chi connectivity index (χ2n) is 5.81. The van der Waals surface area contributed by atoms with Crippen LogP contribution in [0.2, 0.25) is 5.02 Å². The number of phenols is 1. The van der Waals surface area contributed by atoms with E-state index in [4.69, 9.17) is 16.3 Å². The normalized spacial score (nSPS) is 11.5. The quantitative estimate of drug-likeness (QED) is 0.670. The molecular formula is C19H23ClN2O5S. The van der Waals surface area contributed by atoms with E-state index in [9.17, 15) is 18.3 Å². The fourth-order valence-electron chi connectivity index (χ4n) is 2.60. The molecule has 0 saturated heterocycles. The maximum Gasteiger partial charge on any atom is 0.255 e. The van der Waals surface area contributed by atoms with E-state index < -0.39 is 15.9 Å². The van der Waals surface area contributed by atoms with Gasteiger partial charge in [0.1, 0.15) is 0 Å². The monoisotopic (exact) mass is 426 g/mol. The number of nitrogens with one attached hydrogen (secondary N) is 1. The molecule has 0 fully saturated rings. The van der Waals surface area contributed by atoms with Crippen LogP contribution in [0.1, 0.15) is 31.1 Å². The van der Waals surface area contributed by atoms with Gasteiger partial charge in [0.2, 0.25) is 10.0 Å². The number of halogens is 1. The number of anilines is 1. The minimum absolute atomic E-state index is 0.00300. The second-order valence-corrected chi connectivity index (χ2v) is 8.15. The number of phenolic OH excluding ortho intramolecular Hbond substituents is 1. The first kappa shape index (κ1) is 22.0. The third-order valence-corrected chi connectivity index (χ3v) is 6.40. The molecule has 0 radical (unpaired) electrons. The number of benzene rings is 2. The van der Waals surface area contributed by atoms with E-state index >= 15 is 0 Å². The van der Waals surface area contributed by atoms with Crippen molar-refractivity contribution in [2.75, 3.05) is 25.0 Å². The van der Waals surface area contributed by atoms with Crippen molar-refractivity contribution in [2.24, 2.45) is 0 Å². The predicted molar refractivity (Wildman–Crippen MR) is 109 cm³/mol. The average molecular weight is 427 g/mol. The number of rotatable bonds is 8. The van der Waals surface area contributed by atoms with Gasteiger partial charge >= 0.3 is 0 Å². The summed E-state index contributed by atoms with van der Waals surface area (Å²) in [5.74, 6) is -0.589. The summed E-state index contributed by atoms with van der Waals surface area (Å²) in [4.78, 5) is 12.6. The molecule has 0 unspecified atom stereocenters. The van der Waals surface area contributed by atoms with E-state index in [0.717, 1.165) is 0 Å². The Balaban J connectivity index is 2.22. The van der Waals surface area contributed by atoms with Crippen LogP contribution < -0.4 is 10.1 Å². The zero-order chi connectivity index (χ0) is 20.9. The summed E-state index contributed by atoms with van der Waals surface area (Å²) in [6.07, 6.45) is 0. The van der Waals surface area contributed by atoms with E-state index in [1.54, 1.807) is 20.8 Å². The molecular weight excluding hydrogens is 404 g/mol. The van der Waals surface area contributed by atoms with Crippen LogP contribution in [-0.2, 0) is 10.0 Å². The van der Waals surface area contributed by atoms with Gasteiger partial charge in [-0.1, -0.05) is 25.4 Å². The zero-order valence-corrected chi connectivity index (χ0v) is 17.5. The van der Waals surface area contributed by atoms with E-state index in [1.165, 1.54) is 40.7 Å². The Kier molecular flexibility index (Phi) is 7.29. The molecule has 0 spiro atoms. The maximum atomic E-state index is 12.5. The van der Waals surface area contributed by atoms with Crippen molar-refractivity contribution in [1.29, 1.82) is 0 Å². The molecule has 0 aliphatic rings. The van der Waals surface area contributed by atoms with Crippen LogP contribution >= 0.6 is 11.6 Å². The van der Waals surface area contributed by atoms with Gasteiger partial charge in [0.05, 0.1) is 16.5 Å². The van der Waals surface area contributed by atoms with Gasteiger partial charge in [-0.15, -0.1) is 0 Å². The molecule has 2 aromatic carbocycles. The van der Waals surface area contributed by atoms with Gasteiger partial charge in [-0.25, -0.2) is 8.42 Å². The summed E-state index contributed by atoms with van der Waals surface area (Å²) in [6.45, 7) is 6.34. The van der Waals surface area contributed by atoms with Gasteiger partial charge in [0.15, 0.2) is 11.5 Å². The fraction of sp³-hybridized carbons (Fsp3) is 0.316. The van der Waals surface area contributed by atoms with Gasteiger partial charge in [0, 0.05) is 24.3 Å². The van der Waals surface area contributed by atoms with Crippen LogP contribution in [0, 0.1) is 0 Å². The Morgan fingerprint density at radius 3 is 2.29 bits per heavy atom. The van der Waals surface area contributed by atoms with Crippen molar-refractivity contribution < 1.29 is 23.1 Å². The highest BCUT2D eigenvalue weighted by atomic mass is 35.5. The highest BCUT2D eigenvalue weighted by molar-refractivity contribution is 7.89. The van der Waals surface area contributed by atoms with Crippen LogP contribution in [0.25, 0.3) is 0 Å². The van der Waals surface area contributed by atoms with Crippen LogP contribution in [0.3, 0.4) is 0 Å². The summed E-state index contributed by atoms with van der Waals surface area (Å²) in [5.41, 5.74) is 0.622. The molecule has 1 amide bonds. The SMILES string of the molecule is CCOc1cc(C(=O)Nc2ccc(S(=O)(=O)N(CC)CC)cc2)cc(Cl)c1O. The maximum absolute atomic E-state index is 12.5. The summed E-state index contributed by atoms with van der Waals surface area (Å²) in [5, 5.41) is 12.5. The van der Waals surface area contributed by atoms with E-state index in [1.807, 2.05) is 0 Å². The largest absolute Gasteiger partial charge is 0.503 e. The Morgan fingerprint density at radius 1 is 1.14 bits per heavy atom. The predicted octanol–water partition coefficient (Wildman–Crippen LogP) is 3.73. The number of ether oxygens (including phenoxy) is 1. The molecule has 0 aliphatic carbocycles. The van der Waals surface area contributed by atoms with E-state index in [0.29, 0.717) is 25.4 Å². The lowest BCUT2D eigenvalue weighted by atomic mass is 10.1. The summed E-state index contributed by atoms with van der Waals surface area (Å²) < 4.78 is 31.6. The molecule has 152 valence electrons. The number of carbonyl (C=O) groups excluding carboxylic acids is 1. The Morgan fingerprint density at radius 2 is 1.75 bits per heavy atom. The van der Waals surface area contributed by atoms with Crippen molar-refractivity contribution in [3.63, 3.8) is 0 Å². The minimum Gasteiger partial charge on any atom is -0.503 e. The van der Waals surface area contributed by atoms with Gasteiger partial charge in [-0.05, 0) is 43.3 Å². The highest BCUT2D eigenvalue weighted by Crippen LogP contribution is 2.35. The van der Waals surface area contributed by atoms with Gasteiger partial charge in [-0.2, -0.15) is 4.31 Å². The smallest absolute Gasteiger partial charge is 0.255 e. The molecule has 9 heteroatoms. The minimum atomic E-state index is -3.56. The number of amides is 1. The van der Waals surface area contributed by atoms with Crippen molar-refractivity contribution in [3.8, 4) is 11.5 Å². The fourth-order valence-corrected chi connectivity index (χ4v) is 4.27. The molecule has 0 aliphatic heterocycles. The molecule has 0 aromatic heterocycles. The molecule has 2 aromatic rings. The number of carbonyl (C=O) groups is 1. The van der Waals surface area contributed by atoms with Crippen LogP contribution in [0.5, 0.6) is 11.5 Å². The third-order valence-electron chi connectivity index (χ3n) is 4.05. The number of hydrogen-bond donors (Lipinski definition) is 2. The first-order chi connectivity index (χ1) is 13.2. The lowest BCUT2D eigenvalue weighted by Crippen LogP contribution is -2.30. The van der Waals surface area contributed by atoms with E-state index in [-0.39, 0.29) is 27.0 Å². The van der Waals surface area contributed by atoms with Gasteiger partial charge in [0.25, 0.3) is 5.91 Å². The average Bonchev–Trinajstić information content (AvgIpc) is 2.66. The number of hydrogen-bond acceptors (Lipinski definition) is 5. The topological polar surface area (TPSA) is 95.9 Å². The summed E-state index contributed by atoms with van der Waals surface area (Å²) in [6, 6.07) is 8.63. The summed E-state index contributed by atoms with van der Waals surface area (Å²) in [7, 11) is -3.56. The first-order valence-corrected chi connectivity index (χ1v) is 10.6. The first-order valence-electron chi connectivity index (χ1n) is 8.81. The Hall–Kier alpha value is -2.29. The van der Waals surface area contributed by atoms with Crippen molar-refractivity contribution in [2.45, 2.75) is 25.7 Å². The third kappa shape index (κ3) is 4.76. The molecule has 2 rings (SSSR count). The van der Waals surface area contributed by atoms with E-state index in [2.05, 4.69) is 5.32 Å². The molecule has 7 nitrogen and oxygen atoms in total. The molecule has 28 heavy (non-hydrogen) atoms. The standard InChI is InChI=1S/C19H23ClN2O5S/c1-4-22(5-2)28(25,26)15-9-7-14(8-10-15)21-19(24)13-11-16(20)18(23)17(12-13)27-6-3/h7-12,23H,4-6H2,1-3H3,(H,21,24). The lowest BCUT2D eigenvalue weighted by molar-refractivity contribution is 0.102. The number of sulfonamides is 1. The molecule has 0 bridgehead atoms. The van der Waals surface area contributed by atoms with Gasteiger partial charge < -0.3 is 15.2 Å². The van der Waals surface area contributed by atoms with Crippen LogP contribution in [-0.4, -0.2) is 43.4 Å². The van der Waals surface area contributed by atoms with Crippen molar-refractivity contribution >= 4 is 33.2 Å². The van der Waals surface area contributed by atoms with Crippen LogP contribution in [0.15, 0.2) is 41.3 Å². The number of aromatic hydroxyl groups is 1. The highest BCUT2D eigenvalue weighted by Gasteiger charge is 2.21. The molecule has 0 saturated carbocycles. The zero-order valence-electron chi connectivity index (χ0n) is 15.9.